The molecule has 0 aromatic heterocycles. The van der Waals surface area contributed by atoms with Gasteiger partial charge in [0.25, 0.3) is 0 Å². The van der Waals surface area contributed by atoms with Gasteiger partial charge in [0.1, 0.15) is 6.61 Å². The normalized spacial score (nSPS) is 39.2. The van der Waals surface area contributed by atoms with Crippen molar-refractivity contribution in [1.82, 2.24) is 0 Å². The van der Waals surface area contributed by atoms with Crippen molar-refractivity contribution in [3.8, 4) is 0 Å². The van der Waals surface area contributed by atoms with Crippen LogP contribution in [0.25, 0.3) is 0 Å². The number of ether oxygens (including phenoxy) is 2. The van der Waals surface area contributed by atoms with Crippen molar-refractivity contribution in [3.63, 3.8) is 0 Å². The smallest absolute Gasteiger partial charge is 0.302 e. The molecule has 3 aliphatic rings. The third kappa shape index (κ3) is 3.80. The van der Waals surface area contributed by atoms with Crippen LogP contribution in [0.2, 0.25) is 0 Å². The fourth-order valence-corrected chi connectivity index (χ4v) is 4.89. The van der Waals surface area contributed by atoms with Crippen molar-refractivity contribution in [2.24, 2.45) is 11.3 Å². The Morgan fingerprint density at radius 2 is 2.00 bits per heavy atom. The average Bonchev–Trinajstić information content (AvgIpc) is 3.10. The maximum absolute atomic E-state index is 12.7. The van der Waals surface area contributed by atoms with Gasteiger partial charge >= 0.3 is 5.97 Å². The first-order chi connectivity index (χ1) is 12.1. The minimum atomic E-state index is -0.250. The minimum absolute atomic E-state index is 0.0593. The quantitative estimate of drug-likeness (QED) is 0.314. The first kappa shape index (κ1) is 19.3. The van der Waals surface area contributed by atoms with Gasteiger partial charge < -0.3 is 9.47 Å². The van der Waals surface area contributed by atoms with Crippen molar-refractivity contribution in [3.05, 3.63) is 22.8 Å². The summed E-state index contributed by atoms with van der Waals surface area (Å²) in [7, 11) is 0. The zero-order valence-electron chi connectivity index (χ0n) is 16.8. The van der Waals surface area contributed by atoms with Crippen molar-refractivity contribution in [1.29, 1.82) is 0 Å². The molecule has 3 rings (SSSR count). The average molecular weight is 360 g/mol. The number of rotatable bonds is 2. The van der Waals surface area contributed by atoms with Gasteiger partial charge in [-0.1, -0.05) is 18.6 Å². The van der Waals surface area contributed by atoms with Crippen molar-refractivity contribution in [2.75, 3.05) is 6.61 Å². The Bertz CT molecular complexity index is 670. The van der Waals surface area contributed by atoms with Crippen LogP contribution in [0.3, 0.4) is 0 Å². The highest BCUT2D eigenvalue weighted by atomic mass is 16.6. The topological polar surface area (TPSA) is 55.9 Å². The number of ketones is 1. The van der Waals surface area contributed by atoms with E-state index in [1.807, 2.05) is 0 Å². The van der Waals surface area contributed by atoms with E-state index in [2.05, 4.69) is 33.8 Å². The van der Waals surface area contributed by atoms with E-state index >= 15 is 0 Å². The van der Waals surface area contributed by atoms with Crippen LogP contribution in [0, 0.1) is 11.3 Å². The molecule has 0 aromatic carbocycles. The van der Waals surface area contributed by atoms with Gasteiger partial charge in [-0.05, 0) is 75.4 Å². The van der Waals surface area contributed by atoms with Crippen LogP contribution in [0.1, 0.15) is 73.1 Å². The molecule has 1 heterocycles. The van der Waals surface area contributed by atoms with Gasteiger partial charge in [0.15, 0.2) is 5.78 Å². The number of allylic oxidation sites excluding steroid dienone is 3. The molecule has 0 spiro atoms. The number of esters is 1. The summed E-state index contributed by atoms with van der Waals surface area (Å²) in [5, 5.41) is 0. The molecule has 4 atom stereocenters. The summed E-state index contributed by atoms with van der Waals surface area (Å²) in [6.45, 7) is 10.4. The molecule has 1 saturated heterocycles. The minimum Gasteiger partial charge on any atom is -0.461 e. The Morgan fingerprint density at radius 1 is 1.27 bits per heavy atom. The van der Waals surface area contributed by atoms with Crippen LogP contribution < -0.4 is 0 Å². The molecular weight excluding hydrogens is 328 g/mol. The number of Topliss-reactive ketones (excluding diaryl/α,β-unsaturated/α-hetero) is 1. The lowest BCUT2D eigenvalue weighted by Crippen LogP contribution is -2.24. The summed E-state index contributed by atoms with van der Waals surface area (Å²) in [4.78, 5) is 24.0. The van der Waals surface area contributed by atoms with E-state index in [1.54, 1.807) is 0 Å². The third-order valence-electron chi connectivity index (χ3n) is 6.60. The third-order valence-corrected chi connectivity index (χ3v) is 6.60. The molecule has 2 fully saturated rings. The molecule has 0 unspecified atom stereocenters. The summed E-state index contributed by atoms with van der Waals surface area (Å²) in [5.74, 6) is 0.341. The van der Waals surface area contributed by atoms with Crippen molar-refractivity contribution in [2.45, 2.75) is 84.8 Å². The standard InChI is InChI=1S/C22H32O4/c1-14(2)20-17-9-11-22(5)19(26-22)7-6-16(13-25-15(3)23)8-10-21(17,4)12-18(20)24/h8,17,19H,6-7,9-13H2,1-5H3/b16-8-/t17-,19-,21-,22-/m0/s1. The molecule has 0 radical (unpaired) electrons. The maximum Gasteiger partial charge on any atom is 0.302 e. The Balaban J connectivity index is 1.90. The highest BCUT2D eigenvalue weighted by Crippen LogP contribution is 2.53. The SMILES string of the molecule is CC(=O)OC/C1=C\C[C@@]2(C)CC(=O)C(=C(C)C)[C@@H]2CC[C@]2(C)O[C@H]2CC1. The predicted molar refractivity (Wildman–Crippen MR) is 101 cm³/mol. The molecule has 0 aromatic rings. The summed E-state index contributed by atoms with van der Waals surface area (Å²) in [6, 6.07) is 0. The van der Waals surface area contributed by atoms with Crippen LogP contribution in [0.5, 0.6) is 0 Å². The van der Waals surface area contributed by atoms with E-state index in [0.717, 1.165) is 48.8 Å². The monoisotopic (exact) mass is 360 g/mol. The number of carbonyl (C=O) groups is 2. The fourth-order valence-electron chi connectivity index (χ4n) is 4.89. The van der Waals surface area contributed by atoms with E-state index in [0.29, 0.717) is 18.8 Å². The van der Waals surface area contributed by atoms with E-state index in [4.69, 9.17) is 9.47 Å². The second kappa shape index (κ2) is 6.95. The first-order valence-electron chi connectivity index (χ1n) is 9.84. The first-order valence-corrected chi connectivity index (χ1v) is 9.84. The lowest BCUT2D eigenvalue weighted by atomic mass is 9.72. The Hall–Kier alpha value is -1.42. The van der Waals surface area contributed by atoms with Gasteiger partial charge in [-0.15, -0.1) is 0 Å². The number of hydrogen-bond acceptors (Lipinski definition) is 4. The zero-order chi connectivity index (χ0) is 19.1. The second-order valence-electron chi connectivity index (χ2n) is 9.06. The van der Waals surface area contributed by atoms with Gasteiger partial charge in [-0.3, -0.25) is 9.59 Å². The summed E-state index contributed by atoms with van der Waals surface area (Å²) in [6.07, 6.45) is 7.83. The lowest BCUT2D eigenvalue weighted by molar-refractivity contribution is -0.140. The molecule has 4 heteroatoms. The molecule has 4 nitrogen and oxygen atoms in total. The van der Waals surface area contributed by atoms with E-state index < -0.39 is 0 Å². The Labute approximate surface area is 157 Å². The zero-order valence-corrected chi connectivity index (χ0v) is 16.8. The van der Waals surface area contributed by atoms with Crippen LogP contribution in [-0.2, 0) is 19.1 Å². The van der Waals surface area contributed by atoms with E-state index in [-0.39, 0.29) is 29.0 Å². The summed E-state index contributed by atoms with van der Waals surface area (Å²) >= 11 is 0. The molecule has 144 valence electrons. The summed E-state index contributed by atoms with van der Waals surface area (Å²) < 4.78 is 11.3. The van der Waals surface area contributed by atoms with Gasteiger partial charge in [0, 0.05) is 13.3 Å². The van der Waals surface area contributed by atoms with Gasteiger partial charge in [-0.2, -0.15) is 0 Å². The molecule has 1 saturated carbocycles. The van der Waals surface area contributed by atoms with Gasteiger partial charge in [0.2, 0.25) is 0 Å². The number of fused-ring (bicyclic) bond motifs is 2. The molecule has 0 amide bonds. The van der Waals surface area contributed by atoms with Crippen LogP contribution in [-0.4, -0.2) is 30.1 Å². The summed E-state index contributed by atoms with van der Waals surface area (Å²) in [5.41, 5.74) is 3.23. The Morgan fingerprint density at radius 3 is 2.65 bits per heavy atom. The molecule has 2 aliphatic carbocycles. The molecule has 1 aliphatic heterocycles. The second-order valence-corrected chi connectivity index (χ2v) is 9.06. The predicted octanol–water partition coefficient (Wildman–Crippen LogP) is 4.53. The Kier molecular flexibility index (Phi) is 5.17. The fraction of sp³-hybridized carbons (Fsp3) is 0.727. The highest BCUT2D eigenvalue weighted by molar-refractivity contribution is 5.99. The maximum atomic E-state index is 12.7. The van der Waals surface area contributed by atoms with Crippen molar-refractivity contribution >= 4 is 11.8 Å². The molecular formula is C22H32O4. The van der Waals surface area contributed by atoms with E-state index in [1.165, 1.54) is 6.92 Å². The molecule has 0 bridgehead atoms. The highest BCUT2D eigenvalue weighted by Gasteiger charge is 2.54. The van der Waals surface area contributed by atoms with E-state index in [9.17, 15) is 9.59 Å². The van der Waals surface area contributed by atoms with Crippen LogP contribution in [0.15, 0.2) is 22.8 Å². The number of epoxide rings is 1. The van der Waals surface area contributed by atoms with Gasteiger partial charge in [-0.25, -0.2) is 0 Å². The lowest BCUT2D eigenvalue weighted by Gasteiger charge is -2.31. The van der Waals surface area contributed by atoms with Crippen molar-refractivity contribution < 1.29 is 19.1 Å². The number of carbonyl (C=O) groups excluding carboxylic acids is 2. The van der Waals surface area contributed by atoms with Crippen LogP contribution in [0.4, 0.5) is 0 Å². The molecule has 0 N–H and O–H groups in total. The number of hydrogen-bond donors (Lipinski definition) is 0. The van der Waals surface area contributed by atoms with Gasteiger partial charge in [0.05, 0.1) is 11.7 Å². The molecule has 26 heavy (non-hydrogen) atoms. The largest absolute Gasteiger partial charge is 0.461 e. The van der Waals surface area contributed by atoms with Crippen LogP contribution >= 0.6 is 0 Å².